The van der Waals surface area contributed by atoms with Crippen LogP contribution in [0.25, 0.3) is 0 Å². The highest BCUT2D eigenvalue weighted by Gasteiger charge is 2.11. The van der Waals surface area contributed by atoms with Gasteiger partial charge >= 0.3 is 0 Å². The summed E-state index contributed by atoms with van der Waals surface area (Å²) in [5.74, 6) is -0.267. The summed E-state index contributed by atoms with van der Waals surface area (Å²) in [5, 5.41) is 13.3. The second-order valence-corrected chi connectivity index (χ2v) is 3.66. The molecule has 0 aliphatic rings. The molecule has 0 radical (unpaired) electrons. The second-order valence-electron chi connectivity index (χ2n) is 3.25. The molecule has 6 nitrogen and oxygen atoms in total. The fraction of sp³-hybridized carbons (Fsp3) is 0.182. The van der Waals surface area contributed by atoms with Crippen LogP contribution in [-0.4, -0.2) is 24.0 Å². The average Bonchev–Trinajstić information content (AvgIpc) is 2.35. The van der Waals surface area contributed by atoms with Crippen LogP contribution in [0.4, 0.5) is 5.69 Å². The maximum Gasteiger partial charge on any atom is 0.273 e. The lowest BCUT2D eigenvalue weighted by molar-refractivity contribution is -0.384. The fourth-order valence-corrected chi connectivity index (χ4v) is 1.27. The minimum atomic E-state index is -0.568. The van der Waals surface area contributed by atoms with E-state index in [1.54, 1.807) is 0 Å². The largest absolute Gasteiger partial charge is 0.482 e. The van der Waals surface area contributed by atoms with Gasteiger partial charge in [0.25, 0.3) is 11.6 Å². The number of carbonyl (C=O) groups excluding carboxylic acids is 1. The number of carbonyl (C=O) groups is 1. The van der Waals surface area contributed by atoms with E-state index in [1.165, 1.54) is 24.3 Å². The van der Waals surface area contributed by atoms with Crippen LogP contribution in [0.5, 0.6) is 5.75 Å². The molecule has 0 aliphatic carbocycles. The van der Waals surface area contributed by atoms with Crippen LogP contribution in [0.2, 0.25) is 5.02 Å². The highest BCUT2D eigenvalue weighted by atomic mass is 35.5. The van der Waals surface area contributed by atoms with E-state index >= 15 is 0 Å². The summed E-state index contributed by atoms with van der Waals surface area (Å²) < 4.78 is 5.10. The Bertz CT molecular complexity index is 476. The van der Waals surface area contributed by atoms with Crippen LogP contribution in [0.15, 0.2) is 30.9 Å². The van der Waals surface area contributed by atoms with Crippen molar-refractivity contribution in [3.8, 4) is 5.75 Å². The molecule has 0 heterocycles. The molecule has 0 spiro atoms. The van der Waals surface area contributed by atoms with Crippen molar-refractivity contribution in [1.82, 2.24) is 5.32 Å². The zero-order valence-electron chi connectivity index (χ0n) is 9.39. The van der Waals surface area contributed by atoms with E-state index < -0.39 is 4.92 Å². The molecular formula is C11H11ClN2O4. The van der Waals surface area contributed by atoms with Crippen molar-refractivity contribution in [1.29, 1.82) is 0 Å². The van der Waals surface area contributed by atoms with Crippen molar-refractivity contribution in [2.24, 2.45) is 0 Å². The third-order valence-corrected chi connectivity index (χ3v) is 2.24. The minimum absolute atomic E-state index is 0.0969. The molecule has 0 unspecified atom stereocenters. The molecule has 18 heavy (non-hydrogen) atoms. The van der Waals surface area contributed by atoms with Gasteiger partial charge < -0.3 is 10.1 Å². The lowest BCUT2D eigenvalue weighted by Crippen LogP contribution is -2.28. The number of hydrogen-bond acceptors (Lipinski definition) is 4. The van der Waals surface area contributed by atoms with E-state index in [2.05, 4.69) is 11.9 Å². The number of ether oxygens (including phenoxy) is 1. The maximum atomic E-state index is 11.2. The zero-order chi connectivity index (χ0) is 13.5. The van der Waals surface area contributed by atoms with E-state index in [0.29, 0.717) is 6.54 Å². The molecule has 0 saturated heterocycles. The summed E-state index contributed by atoms with van der Waals surface area (Å²) >= 11 is 5.79. The minimum Gasteiger partial charge on any atom is -0.482 e. The van der Waals surface area contributed by atoms with E-state index in [1.807, 2.05) is 0 Å². The van der Waals surface area contributed by atoms with Crippen molar-refractivity contribution in [2.75, 3.05) is 13.2 Å². The normalized spacial score (nSPS) is 9.61. The quantitative estimate of drug-likeness (QED) is 0.486. The van der Waals surface area contributed by atoms with E-state index in [9.17, 15) is 14.9 Å². The van der Waals surface area contributed by atoms with Crippen LogP contribution in [-0.2, 0) is 4.79 Å². The van der Waals surface area contributed by atoms with Crippen LogP contribution >= 0.6 is 11.6 Å². The molecule has 1 amide bonds. The summed E-state index contributed by atoms with van der Waals surface area (Å²) in [6.07, 6.45) is 1.53. The molecule has 1 aromatic rings. The summed E-state index contributed by atoms with van der Waals surface area (Å²) in [6.45, 7) is 3.50. The maximum absolute atomic E-state index is 11.2. The lowest BCUT2D eigenvalue weighted by atomic mass is 10.3. The number of hydrogen-bond donors (Lipinski definition) is 1. The Labute approximate surface area is 108 Å². The van der Waals surface area contributed by atoms with Crippen LogP contribution in [0, 0.1) is 10.1 Å². The highest BCUT2D eigenvalue weighted by Crippen LogP contribution is 2.28. The Hall–Kier alpha value is -2.08. The van der Waals surface area contributed by atoms with Crippen LogP contribution in [0.1, 0.15) is 0 Å². The first kappa shape index (κ1) is 14.0. The first-order valence-corrected chi connectivity index (χ1v) is 5.36. The number of nitrogens with zero attached hydrogens (tertiary/aromatic N) is 1. The molecule has 0 atom stereocenters. The zero-order valence-corrected chi connectivity index (χ0v) is 10.1. The molecule has 1 aromatic carbocycles. The van der Waals surface area contributed by atoms with Gasteiger partial charge in [0.05, 0.1) is 16.0 Å². The van der Waals surface area contributed by atoms with Gasteiger partial charge in [0.2, 0.25) is 0 Å². The van der Waals surface area contributed by atoms with Gasteiger partial charge in [-0.15, -0.1) is 6.58 Å². The molecule has 1 rings (SSSR count). The number of nitro groups is 1. The standard InChI is InChI=1S/C11H11ClN2O4/c1-2-5-13-11(15)7-18-10-6-8(14(16)17)3-4-9(10)12/h2-4,6H,1,5,7H2,(H,13,15). The molecule has 1 N–H and O–H groups in total. The Morgan fingerprint density at radius 1 is 1.61 bits per heavy atom. The Balaban J connectivity index is 2.66. The van der Waals surface area contributed by atoms with Crippen LogP contribution in [0.3, 0.4) is 0 Å². The van der Waals surface area contributed by atoms with Crippen molar-refractivity contribution >= 4 is 23.2 Å². The third kappa shape index (κ3) is 4.06. The predicted octanol–water partition coefficient (Wildman–Crippen LogP) is 1.93. The van der Waals surface area contributed by atoms with E-state index in [0.717, 1.165) is 0 Å². The van der Waals surface area contributed by atoms with Crippen molar-refractivity contribution in [2.45, 2.75) is 0 Å². The van der Waals surface area contributed by atoms with E-state index in [4.69, 9.17) is 16.3 Å². The van der Waals surface area contributed by atoms with Gasteiger partial charge in [0.15, 0.2) is 6.61 Å². The first-order valence-electron chi connectivity index (χ1n) is 4.99. The Morgan fingerprint density at radius 3 is 2.94 bits per heavy atom. The fourth-order valence-electron chi connectivity index (χ4n) is 1.10. The summed E-state index contributed by atoms with van der Waals surface area (Å²) in [7, 11) is 0. The Morgan fingerprint density at radius 2 is 2.33 bits per heavy atom. The van der Waals surface area contributed by atoms with Crippen LogP contribution < -0.4 is 10.1 Å². The van der Waals surface area contributed by atoms with Gasteiger partial charge in [0, 0.05) is 12.6 Å². The molecule has 0 aliphatic heterocycles. The molecular weight excluding hydrogens is 260 g/mol. The lowest BCUT2D eigenvalue weighted by Gasteiger charge is -2.07. The molecule has 0 aromatic heterocycles. The summed E-state index contributed by atoms with van der Waals surface area (Å²) in [6, 6.07) is 3.77. The van der Waals surface area contributed by atoms with Gasteiger partial charge in [-0.2, -0.15) is 0 Å². The monoisotopic (exact) mass is 270 g/mol. The number of benzene rings is 1. The molecule has 96 valence electrons. The van der Waals surface area contributed by atoms with Gasteiger partial charge in [-0.3, -0.25) is 14.9 Å². The summed E-state index contributed by atoms with van der Waals surface area (Å²) in [5.41, 5.74) is -0.152. The van der Waals surface area contributed by atoms with Gasteiger partial charge in [-0.1, -0.05) is 17.7 Å². The SMILES string of the molecule is C=CCNC(=O)COc1cc([N+](=O)[O-])ccc1Cl. The van der Waals surface area contributed by atoms with Gasteiger partial charge in [0.1, 0.15) is 5.75 Å². The van der Waals surface area contributed by atoms with Crippen molar-refractivity contribution in [3.05, 3.63) is 46.0 Å². The first-order chi connectivity index (χ1) is 8.54. The molecule has 0 bridgehead atoms. The second kappa shape index (κ2) is 6.61. The van der Waals surface area contributed by atoms with Crippen molar-refractivity contribution < 1.29 is 14.5 Å². The van der Waals surface area contributed by atoms with Gasteiger partial charge in [-0.05, 0) is 6.07 Å². The topological polar surface area (TPSA) is 81.5 Å². The highest BCUT2D eigenvalue weighted by molar-refractivity contribution is 6.32. The molecule has 0 fully saturated rings. The summed E-state index contributed by atoms with van der Waals surface area (Å²) in [4.78, 5) is 21.2. The number of nitrogens with one attached hydrogen (secondary N) is 1. The molecule has 0 saturated carbocycles. The van der Waals surface area contributed by atoms with E-state index in [-0.39, 0.29) is 29.0 Å². The number of rotatable bonds is 6. The third-order valence-electron chi connectivity index (χ3n) is 1.93. The average molecular weight is 271 g/mol. The van der Waals surface area contributed by atoms with Crippen molar-refractivity contribution in [3.63, 3.8) is 0 Å². The van der Waals surface area contributed by atoms with Gasteiger partial charge in [-0.25, -0.2) is 0 Å². The number of nitro benzene ring substituents is 1. The number of amides is 1. The number of non-ortho nitro benzene ring substituents is 1. The Kier molecular flexibility index (Phi) is 5.13. The molecule has 7 heteroatoms. The smallest absolute Gasteiger partial charge is 0.273 e. The predicted molar refractivity (Wildman–Crippen MR) is 66.8 cm³/mol. The number of halogens is 1.